The van der Waals surface area contributed by atoms with E-state index in [1.807, 2.05) is 0 Å². The van der Waals surface area contributed by atoms with E-state index >= 15 is 0 Å². The van der Waals surface area contributed by atoms with Gasteiger partial charge in [0.1, 0.15) is 0 Å². The molecule has 66 valence electrons. The molecule has 0 atom stereocenters. The number of carbonyl (C=O) groups is 1. The fraction of sp³-hybridized carbons (Fsp3) is 0. The largest absolute Gasteiger partial charge is 0.478 e. The fourth-order valence-electron chi connectivity index (χ4n) is 0.386. The molecule has 0 spiro atoms. The monoisotopic (exact) mass is 236 g/mol. The Morgan fingerprint density at radius 2 is 1.91 bits per heavy atom. The minimum Gasteiger partial charge on any atom is -0.478 e. The number of carboxylic acids is 1. The van der Waals surface area contributed by atoms with Crippen LogP contribution in [0, 0.1) is 0 Å². The standard InChI is InChI=1S/C5H4O2S.3ClH/c6-5(7)4-1-2-8-3-4;;;/h1-3H,(H,6,7);3*1H. The molecule has 11 heavy (non-hydrogen) atoms. The maximum absolute atomic E-state index is 10.1. The van der Waals surface area contributed by atoms with Gasteiger partial charge < -0.3 is 5.11 Å². The molecule has 1 N–H and O–H groups in total. The van der Waals surface area contributed by atoms with Crippen molar-refractivity contribution in [2.75, 3.05) is 0 Å². The molecule has 0 aliphatic rings. The lowest BCUT2D eigenvalue weighted by atomic mass is 10.4. The third kappa shape index (κ3) is 5.32. The Kier molecular flexibility index (Phi) is 12.7. The van der Waals surface area contributed by atoms with Crippen molar-refractivity contribution in [1.29, 1.82) is 0 Å². The summed E-state index contributed by atoms with van der Waals surface area (Å²) in [7, 11) is 0. The zero-order valence-electron chi connectivity index (χ0n) is 5.22. The van der Waals surface area contributed by atoms with Crippen LogP contribution in [0.25, 0.3) is 0 Å². The smallest absolute Gasteiger partial charge is 0.336 e. The lowest BCUT2D eigenvalue weighted by molar-refractivity contribution is 0.0697. The second-order valence-electron chi connectivity index (χ2n) is 1.32. The van der Waals surface area contributed by atoms with E-state index < -0.39 is 5.97 Å². The zero-order valence-corrected chi connectivity index (χ0v) is 8.49. The second kappa shape index (κ2) is 8.14. The molecule has 1 rings (SSSR count). The quantitative estimate of drug-likeness (QED) is 0.815. The van der Waals surface area contributed by atoms with Crippen molar-refractivity contribution >= 4 is 54.5 Å². The van der Waals surface area contributed by atoms with E-state index in [0.717, 1.165) is 0 Å². The molecular weight excluding hydrogens is 230 g/mol. The first kappa shape index (κ1) is 17.2. The van der Waals surface area contributed by atoms with Gasteiger partial charge in [0, 0.05) is 5.38 Å². The molecule has 0 saturated heterocycles. The van der Waals surface area contributed by atoms with Gasteiger partial charge in [-0.1, -0.05) is 0 Å². The summed E-state index contributed by atoms with van der Waals surface area (Å²) in [5.41, 5.74) is 0.370. The lowest BCUT2D eigenvalue weighted by Crippen LogP contribution is -1.90. The van der Waals surface area contributed by atoms with Crippen molar-refractivity contribution < 1.29 is 9.90 Å². The molecule has 0 radical (unpaired) electrons. The summed E-state index contributed by atoms with van der Waals surface area (Å²) in [5, 5.41) is 11.6. The maximum Gasteiger partial charge on any atom is 0.336 e. The third-order valence-electron chi connectivity index (χ3n) is 0.768. The van der Waals surface area contributed by atoms with Crippen LogP contribution in [-0.4, -0.2) is 11.1 Å². The first-order chi connectivity index (χ1) is 3.80. The van der Waals surface area contributed by atoms with Gasteiger partial charge in [-0.15, -0.1) is 37.2 Å². The van der Waals surface area contributed by atoms with Gasteiger partial charge in [0.15, 0.2) is 0 Å². The number of hydrogen-bond acceptors (Lipinski definition) is 2. The summed E-state index contributed by atoms with van der Waals surface area (Å²) < 4.78 is 0. The number of halogens is 3. The highest BCUT2D eigenvalue weighted by atomic mass is 35.5. The minimum absolute atomic E-state index is 0. The lowest BCUT2D eigenvalue weighted by Gasteiger charge is -1.78. The Balaban J connectivity index is -0.000000213. The van der Waals surface area contributed by atoms with Gasteiger partial charge in [-0.2, -0.15) is 11.3 Å². The van der Waals surface area contributed by atoms with Crippen LogP contribution in [0.1, 0.15) is 10.4 Å². The van der Waals surface area contributed by atoms with Crippen molar-refractivity contribution in [2.45, 2.75) is 0 Å². The molecule has 0 aliphatic heterocycles. The topological polar surface area (TPSA) is 37.3 Å². The summed E-state index contributed by atoms with van der Waals surface area (Å²) in [6.07, 6.45) is 0. The number of aromatic carboxylic acids is 1. The number of thiophene rings is 1. The maximum atomic E-state index is 10.1. The van der Waals surface area contributed by atoms with Crippen molar-refractivity contribution in [2.24, 2.45) is 0 Å². The van der Waals surface area contributed by atoms with Crippen molar-refractivity contribution in [3.8, 4) is 0 Å². The Morgan fingerprint density at radius 3 is 2.09 bits per heavy atom. The Morgan fingerprint density at radius 1 is 1.36 bits per heavy atom. The van der Waals surface area contributed by atoms with Crippen LogP contribution in [0.5, 0.6) is 0 Å². The summed E-state index contributed by atoms with van der Waals surface area (Å²) in [6, 6.07) is 1.58. The molecule has 2 nitrogen and oxygen atoms in total. The van der Waals surface area contributed by atoms with Crippen molar-refractivity contribution in [3.05, 3.63) is 22.4 Å². The summed E-state index contributed by atoms with van der Waals surface area (Å²) in [6.45, 7) is 0. The van der Waals surface area contributed by atoms with E-state index in [-0.39, 0.29) is 37.2 Å². The predicted octanol–water partition coefficient (Wildman–Crippen LogP) is 2.71. The highest BCUT2D eigenvalue weighted by molar-refractivity contribution is 7.08. The molecule has 0 unspecified atom stereocenters. The molecule has 0 bridgehead atoms. The van der Waals surface area contributed by atoms with Crippen LogP contribution in [-0.2, 0) is 0 Å². The zero-order chi connectivity index (χ0) is 5.98. The molecule has 1 aromatic rings. The van der Waals surface area contributed by atoms with Crippen LogP contribution < -0.4 is 0 Å². The van der Waals surface area contributed by atoms with Gasteiger partial charge in [0.2, 0.25) is 0 Å². The molecule has 0 amide bonds. The highest BCUT2D eigenvalue weighted by Crippen LogP contribution is 2.04. The van der Waals surface area contributed by atoms with E-state index in [0.29, 0.717) is 5.56 Å². The molecule has 1 aromatic heterocycles. The van der Waals surface area contributed by atoms with Crippen LogP contribution >= 0.6 is 48.6 Å². The molecule has 0 fully saturated rings. The third-order valence-corrected chi connectivity index (χ3v) is 1.45. The Labute approximate surface area is 86.9 Å². The van der Waals surface area contributed by atoms with Crippen LogP contribution in [0.3, 0.4) is 0 Å². The first-order valence-electron chi connectivity index (χ1n) is 2.06. The summed E-state index contributed by atoms with van der Waals surface area (Å²) >= 11 is 1.39. The van der Waals surface area contributed by atoms with Gasteiger partial charge in [0.05, 0.1) is 5.56 Å². The van der Waals surface area contributed by atoms with Crippen molar-refractivity contribution in [1.82, 2.24) is 0 Å². The normalized spacial score (nSPS) is 6.55. The van der Waals surface area contributed by atoms with E-state index in [1.165, 1.54) is 11.3 Å². The van der Waals surface area contributed by atoms with Gasteiger partial charge in [-0.05, 0) is 11.4 Å². The number of carboxylic acid groups (broad SMARTS) is 1. The average Bonchev–Trinajstić information content (AvgIpc) is 2.12. The Hall–Kier alpha value is 0.0400. The predicted molar refractivity (Wildman–Crippen MR) is 53.0 cm³/mol. The first-order valence-corrected chi connectivity index (χ1v) is 3.00. The molecule has 0 saturated carbocycles. The second-order valence-corrected chi connectivity index (χ2v) is 2.10. The van der Waals surface area contributed by atoms with Crippen LogP contribution in [0.2, 0.25) is 0 Å². The summed E-state index contributed by atoms with van der Waals surface area (Å²) in [5.74, 6) is -0.855. The van der Waals surface area contributed by atoms with Gasteiger partial charge in [-0.25, -0.2) is 4.79 Å². The van der Waals surface area contributed by atoms with E-state index in [1.54, 1.807) is 16.8 Å². The van der Waals surface area contributed by atoms with E-state index in [4.69, 9.17) is 5.11 Å². The van der Waals surface area contributed by atoms with Gasteiger partial charge >= 0.3 is 5.97 Å². The molecule has 1 heterocycles. The van der Waals surface area contributed by atoms with Crippen LogP contribution in [0.15, 0.2) is 16.8 Å². The minimum atomic E-state index is -0.855. The Bertz CT molecular complexity index is 188. The summed E-state index contributed by atoms with van der Waals surface area (Å²) in [4.78, 5) is 10.1. The van der Waals surface area contributed by atoms with Crippen molar-refractivity contribution in [3.63, 3.8) is 0 Å². The van der Waals surface area contributed by atoms with Gasteiger partial charge in [0.25, 0.3) is 0 Å². The highest BCUT2D eigenvalue weighted by Gasteiger charge is 1.98. The fourth-order valence-corrected chi connectivity index (χ4v) is 1.02. The molecule has 0 aromatic carbocycles. The van der Waals surface area contributed by atoms with E-state index in [9.17, 15) is 4.79 Å². The van der Waals surface area contributed by atoms with Gasteiger partial charge in [-0.3, -0.25) is 0 Å². The molecule has 0 aliphatic carbocycles. The molecule has 6 heteroatoms. The average molecular weight is 238 g/mol. The van der Waals surface area contributed by atoms with E-state index in [2.05, 4.69) is 0 Å². The number of hydrogen-bond donors (Lipinski definition) is 1. The SMILES string of the molecule is Cl.Cl.Cl.O=C(O)c1ccsc1. The molecular formula is C5H7Cl3O2S. The number of rotatable bonds is 1. The van der Waals surface area contributed by atoms with Crippen LogP contribution in [0.4, 0.5) is 0 Å².